The van der Waals surface area contributed by atoms with Crippen LogP contribution < -0.4 is 16.8 Å². The SMILES string of the molecule is CNC1(c2ccccc2N)C=CC(C#N)C(c2ccccc2N)=C1. The minimum atomic E-state index is -0.573. The lowest BCUT2D eigenvalue weighted by Crippen LogP contribution is -2.39. The zero-order valence-electron chi connectivity index (χ0n) is 13.5. The Morgan fingerprint density at radius 1 is 1.04 bits per heavy atom. The van der Waals surface area contributed by atoms with Gasteiger partial charge < -0.3 is 16.8 Å². The van der Waals surface area contributed by atoms with Gasteiger partial charge in [0, 0.05) is 22.5 Å². The van der Waals surface area contributed by atoms with Crippen LogP contribution in [0.1, 0.15) is 11.1 Å². The molecule has 3 rings (SSSR count). The zero-order chi connectivity index (χ0) is 17.2. The van der Waals surface area contributed by atoms with Crippen LogP contribution in [0.3, 0.4) is 0 Å². The lowest BCUT2D eigenvalue weighted by molar-refractivity contribution is 0.560. The Hall–Kier alpha value is -3.03. The lowest BCUT2D eigenvalue weighted by Gasteiger charge is -2.34. The topological polar surface area (TPSA) is 87.9 Å². The second-order valence-electron chi connectivity index (χ2n) is 5.86. The molecule has 1 aliphatic rings. The summed E-state index contributed by atoms with van der Waals surface area (Å²) in [5, 5.41) is 12.9. The molecule has 0 spiro atoms. The predicted octanol–water partition coefficient (Wildman–Crippen LogP) is 3.06. The van der Waals surface area contributed by atoms with E-state index in [-0.39, 0.29) is 5.92 Å². The van der Waals surface area contributed by atoms with E-state index in [0.29, 0.717) is 11.4 Å². The van der Waals surface area contributed by atoms with Crippen LogP contribution in [-0.4, -0.2) is 7.05 Å². The molecule has 24 heavy (non-hydrogen) atoms. The van der Waals surface area contributed by atoms with E-state index < -0.39 is 5.54 Å². The average Bonchev–Trinajstić information content (AvgIpc) is 2.62. The Morgan fingerprint density at radius 3 is 2.33 bits per heavy atom. The van der Waals surface area contributed by atoms with Crippen LogP contribution in [0.2, 0.25) is 0 Å². The Morgan fingerprint density at radius 2 is 1.71 bits per heavy atom. The third kappa shape index (κ3) is 2.55. The monoisotopic (exact) mass is 316 g/mol. The van der Waals surface area contributed by atoms with Crippen molar-refractivity contribution in [3.8, 4) is 6.07 Å². The van der Waals surface area contributed by atoms with Crippen LogP contribution in [0.25, 0.3) is 5.57 Å². The van der Waals surface area contributed by atoms with Crippen molar-refractivity contribution in [1.82, 2.24) is 5.32 Å². The van der Waals surface area contributed by atoms with Gasteiger partial charge >= 0.3 is 0 Å². The summed E-state index contributed by atoms with van der Waals surface area (Å²) in [6.45, 7) is 0. The minimum Gasteiger partial charge on any atom is -0.398 e. The second kappa shape index (κ2) is 6.23. The van der Waals surface area contributed by atoms with Gasteiger partial charge in [0.2, 0.25) is 0 Å². The molecule has 0 aromatic heterocycles. The van der Waals surface area contributed by atoms with E-state index >= 15 is 0 Å². The molecule has 0 saturated heterocycles. The highest BCUT2D eigenvalue weighted by Gasteiger charge is 2.33. The summed E-state index contributed by atoms with van der Waals surface area (Å²) in [5.74, 6) is -0.346. The van der Waals surface area contributed by atoms with E-state index in [9.17, 15) is 5.26 Å². The van der Waals surface area contributed by atoms with Crippen molar-refractivity contribution in [3.63, 3.8) is 0 Å². The van der Waals surface area contributed by atoms with E-state index in [1.165, 1.54) is 0 Å². The fraction of sp³-hybridized carbons (Fsp3) is 0.150. The first kappa shape index (κ1) is 15.9. The average molecular weight is 316 g/mol. The molecule has 5 N–H and O–H groups in total. The van der Waals surface area contributed by atoms with Crippen LogP contribution in [0.4, 0.5) is 11.4 Å². The molecule has 0 fully saturated rings. The van der Waals surface area contributed by atoms with Crippen molar-refractivity contribution in [3.05, 3.63) is 77.9 Å². The van der Waals surface area contributed by atoms with Crippen molar-refractivity contribution in [2.45, 2.75) is 5.54 Å². The third-order valence-electron chi connectivity index (χ3n) is 4.50. The lowest BCUT2D eigenvalue weighted by atomic mass is 9.77. The van der Waals surface area contributed by atoms with Crippen molar-refractivity contribution in [2.75, 3.05) is 18.5 Å². The van der Waals surface area contributed by atoms with Crippen LogP contribution in [0.5, 0.6) is 0 Å². The maximum absolute atomic E-state index is 9.55. The second-order valence-corrected chi connectivity index (χ2v) is 5.86. The molecular formula is C20H20N4. The smallest absolute Gasteiger partial charge is 0.0898 e. The van der Waals surface area contributed by atoms with Gasteiger partial charge in [-0.3, -0.25) is 0 Å². The molecular weight excluding hydrogens is 296 g/mol. The summed E-state index contributed by atoms with van der Waals surface area (Å²) in [5.41, 5.74) is 15.8. The summed E-state index contributed by atoms with van der Waals surface area (Å²) < 4.78 is 0. The number of nitrogen functional groups attached to an aromatic ring is 2. The number of hydrogen-bond donors (Lipinski definition) is 3. The van der Waals surface area contributed by atoms with Crippen LogP contribution in [0.15, 0.2) is 66.8 Å². The van der Waals surface area contributed by atoms with Crippen LogP contribution >= 0.6 is 0 Å². The van der Waals surface area contributed by atoms with Crippen molar-refractivity contribution in [2.24, 2.45) is 5.92 Å². The largest absolute Gasteiger partial charge is 0.398 e. The predicted molar refractivity (Wildman–Crippen MR) is 98.7 cm³/mol. The molecule has 0 amide bonds. The zero-order valence-corrected chi connectivity index (χ0v) is 13.5. The summed E-state index contributed by atoms with van der Waals surface area (Å²) in [6, 6.07) is 17.7. The standard InChI is InChI=1S/C20H20N4/c1-24-20(17-7-3-5-9-19(17)23)11-10-14(13-21)16(12-20)15-6-2-4-8-18(15)22/h2-12,14,24H,22-23H2,1H3. The number of allylic oxidation sites excluding steroid dienone is 2. The molecule has 0 radical (unpaired) electrons. The quantitative estimate of drug-likeness (QED) is 0.600. The number of nitrogens with zero attached hydrogens (tertiary/aromatic N) is 1. The van der Waals surface area contributed by atoms with Gasteiger partial charge in [0.25, 0.3) is 0 Å². The molecule has 2 unspecified atom stereocenters. The van der Waals surface area contributed by atoms with E-state index in [2.05, 4.69) is 17.5 Å². The molecule has 2 aromatic rings. The molecule has 2 atom stereocenters. The van der Waals surface area contributed by atoms with Gasteiger partial charge in [0.1, 0.15) is 0 Å². The van der Waals surface area contributed by atoms with E-state index in [1.54, 1.807) is 0 Å². The van der Waals surface area contributed by atoms with Crippen molar-refractivity contribution in [1.29, 1.82) is 5.26 Å². The maximum Gasteiger partial charge on any atom is 0.0898 e. The molecule has 4 heteroatoms. The first-order valence-corrected chi connectivity index (χ1v) is 7.82. The molecule has 0 saturated carbocycles. The number of para-hydroxylation sites is 2. The first-order chi connectivity index (χ1) is 11.6. The number of benzene rings is 2. The van der Waals surface area contributed by atoms with Gasteiger partial charge in [0.15, 0.2) is 0 Å². The molecule has 0 bridgehead atoms. The minimum absolute atomic E-state index is 0.346. The normalized spacial score (nSPS) is 22.7. The molecule has 1 aliphatic carbocycles. The maximum atomic E-state index is 9.55. The summed E-state index contributed by atoms with van der Waals surface area (Å²) in [4.78, 5) is 0. The number of likely N-dealkylation sites (N-methyl/N-ethyl adjacent to an activating group) is 1. The van der Waals surface area contributed by atoms with E-state index in [1.807, 2.05) is 67.7 Å². The number of anilines is 2. The van der Waals surface area contributed by atoms with Crippen molar-refractivity contribution < 1.29 is 0 Å². The number of hydrogen-bond acceptors (Lipinski definition) is 4. The van der Waals surface area contributed by atoms with Gasteiger partial charge in [-0.1, -0.05) is 54.6 Å². The Balaban J connectivity index is 2.21. The fourth-order valence-electron chi connectivity index (χ4n) is 3.18. The highest BCUT2D eigenvalue weighted by Crippen LogP contribution is 2.40. The Bertz CT molecular complexity index is 860. The van der Waals surface area contributed by atoms with Gasteiger partial charge in [-0.15, -0.1) is 0 Å². The van der Waals surface area contributed by atoms with Crippen LogP contribution in [0, 0.1) is 17.2 Å². The van der Waals surface area contributed by atoms with Gasteiger partial charge in [0.05, 0.1) is 17.5 Å². The number of nitrogens with one attached hydrogen (secondary N) is 1. The molecule has 4 nitrogen and oxygen atoms in total. The van der Waals surface area contributed by atoms with Gasteiger partial charge in [-0.2, -0.15) is 5.26 Å². The number of nitrogens with two attached hydrogens (primary N) is 2. The third-order valence-corrected chi connectivity index (χ3v) is 4.50. The molecule has 120 valence electrons. The van der Waals surface area contributed by atoms with Gasteiger partial charge in [-0.25, -0.2) is 0 Å². The summed E-state index contributed by atoms with van der Waals surface area (Å²) >= 11 is 0. The summed E-state index contributed by atoms with van der Waals surface area (Å²) in [7, 11) is 1.88. The van der Waals surface area contributed by atoms with E-state index in [4.69, 9.17) is 11.5 Å². The van der Waals surface area contributed by atoms with Crippen molar-refractivity contribution >= 4 is 16.9 Å². The van der Waals surface area contributed by atoms with E-state index in [0.717, 1.165) is 16.7 Å². The first-order valence-electron chi connectivity index (χ1n) is 7.82. The Labute approximate surface area is 142 Å². The molecule has 0 aliphatic heterocycles. The number of rotatable bonds is 3. The van der Waals surface area contributed by atoms with Crippen LogP contribution in [-0.2, 0) is 5.54 Å². The highest BCUT2D eigenvalue weighted by atomic mass is 14.9. The number of nitriles is 1. The molecule has 2 aromatic carbocycles. The Kier molecular flexibility index (Phi) is 4.11. The molecule has 0 heterocycles. The summed E-state index contributed by atoms with van der Waals surface area (Å²) in [6.07, 6.45) is 5.96. The van der Waals surface area contributed by atoms with Gasteiger partial charge in [-0.05, 0) is 24.8 Å². The highest BCUT2D eigenvalue weighted by molar-refractivity contribution is 5.81. The fourth-order valence-corrected chi connectivity index (χ4v) is 3.18.